The molecule has 7 heteroatoms. The van der Waals surface area contributed by atoms with Gasteiger partial charge >= 0.3 is 0 Å². The molecule has 96 valence electrons. The van der Waals surface area contributed by atoms with E-state index in [0.717, 1.165) is 0 Å². The standard InChI is InChI=1S/C11H14N4O3/c16-4-6-18-5-2-13-11(17)9-7-14-15-3-1-12-8-10(9)15/h1,3,7-8,16H,2,4-6H2,(H,13,17). The minimum Gasteiger partial charge on any atom is -0.394 e. The topological polar surface area (TPSA) is 88.8 Å². The van der Waals surface area contributed by atoms with E-state index in [1.165, 1.54) is 6.20 Å². The van der Waals surface area contributed by atoms with Crippen molar-refractivity contribution in [3.05, 3.63) is 30.4 Å². The number of carbonyl (C=O) groups excluding carboxylic acids is 1. The number of hydrogen-bond donors (Lipinski definition) is 2. The highest BCUT2D eigenvalue weighted by atomic mass is 16.5. The normalized spacial score (nSPS) is 10.7. The summed E-state index contributed by atoms with van der Waals surface area (Å²) in [5.74, 6) is -0.217. The van der Waals surface area contributed by atoms with Crippen LogP contribution in [0, 0.1) is 0 Å². The van der Waals surface area contributed by atoms with Crippen molar-refractivity contribution in [2.24, 2.45) is 0 Å². The van der Waals surface area contributed by atoms with Crippen LogP contribution in [0.15, 0.2) is 24.8 Å². The highest BCUT2D eigenvalue weighted by molar-refractivity contribution is 6.00. The second-order valence-electron chi connectivity index (χ2n) is 3.56. The van der Waals surface area contributed by atoms with Gasteiger partial charge in [-0.1, -0.05) is 0 Å². The molecule has 0 aromatic carbocycles. The summed E-state index contributed by atoms with van der Waals surface area (Å²) in [6, 6.07) is 0. The monoisotopic (exact) mass is 250 g/mol. The molecular weight excluding hydrogens is 236 g/mol. The van der Waals surface area contributed by atoms with Crippen molar-refractivity contribution >= 4 is 11.4 Å². The van der Waals surface area contributed by atoms with Crippen molar-refractivity contribution < 1.29 is 14.6 Å². The van der Waals surface area contributed by atoms with Crippen LogP contribution in [0.2, 0.25) is 0 Å². The Morgan fingerprint density at radius 3 is 3.17 bits per heavy atom. The molecule has 0 unspecified atom stereocenters. The van der Waals surface area contributed by atoms with Gasteiger partial charge in [-0.3, -0.25) is 9.78 Å². The number of nitrogens with zero attached hydrogens (tertiary/aromatic N) is 3. The van der Waals surface area contributed by atoms with Crippen molar-refractivity contribution in [3.63, 3.8) is 0 Å². The van der Waals surface area contributed by atoms with Gasteiger partial charge in [0.05, 0.1) is 43.3 Å². The molecule has 0 atom stereocenters. The van der Waals surface area contributed by atoms with Gasteiger partial charge in [0.2, 0.25) is 0 Å². The number of nitrogens with one attached hydrogen (secondary N) is 1. The molecule has 0 aliphatic carbocycles. The third-order valence-electron chi connectivity index (χ3n) is 2.34. The van der Waals surface area contributed by atoms with Gasteiger partial charge in [-0.15, -0.1) is 0 Å². The highest BCUT2D eigenvalue weighted by Gasteiger charge is 2.11. The van der Waals surface area contributed by atoms with Crippen molar-refractivity contribution in [3.8, 4) is 0 Å². The van der Waals surface area contributed by atoms with Gasteiger partial charge in [0.1, 0.15) is 0 Å². The maximum absolute atomic E-state index is 11.9. The second-order valence-corrected chi connectivity index (χ2v) is 3.56. The first-order valence-electron chi connectivity index (χ1n) is 5.57. The van der Waals surface area contributed by atoms with Crippen LogP contribution in [0.4, 0.5) is 0 Å². The first-order valence-corrected chi connectivity index (χ1v) is 5.57. The van der Waals surface area contributed by atoms with E-state index in [-0.39, 0.29) is 19.1 Å². The number of hydrogen-bond acceptors (Lipinski definition) is 5. The number of carbonyl (C=O) groups is 1. The van der Waals surface area contributed by atoms with Gasteiger partial charge in [-0.05, 0) is 0 Å². The number of amides is 1. The van der Waals surface area contributed by atoms with Crippen molar-refractivity contribution in [2.75, 3.05) is 26.4 Å². The van der Waals surface area contributed by atoms with Crippen molar-refractivity contribution in [1.82, 2.24) is 19.9 Å². The summed E-state index contributed by atoms with van der Waals surface area (Å²) in [5.41, 5.74) is 1.14. The molecule has 2 aromatic heterocycles. The van der Waals surface area contributed by atoms with E-state index in [4.69, 9.17) is 9.84 Å². The molecular formula is C11H14N4O3. The first-order chi connectivity index (χ1) is 8.83. The number of aliphatic hydroxyl groups excluding tert-OH is 1. The Kier molecular flexibility index (Phi) is 4.21. The van der Waals surface area contributed by atoms with Gasteiger partial charge in [0, 0.05) is 18.9 Å². The van der Waals surface area contributed by atoms with E-state index >= 15 is 0 Å². The lowest BCUT2D eigenvalue weighted by molar-refractivity contribution is 0.0839. The van der Waals surface area contributed by atoms with Gasteiger partial charge in [0.15, 0.2) is 0 Å². The lowest BCUT2D eigenvalue weighted by atomic mass is 10.3. The number of aliphatic hydroxyl groups is 1. The van der Waals surface area contributed by atoms with E-state index in [9.17, 15) is 4.79 Å². The Morgan fingerprint density at radius 1 is 1.44 bits per heavy atom. The molecule has 0 aliphatic heterocycles. The Bertz CT molecular complexity index is 526. The third kappa shape index (κ3) is 2.82. The zero-order chi connectivity index (χ0) is 12.8. The van der Waals surface area contributed by atoms with E-state index in [0.29, 0.717) is 24.2 Å². The summed E-state index contributed by atoms with van der Waals surface area (Å²) in [4.78, 5) is 15.8. The van der Waals surface area contributed by atoms with E-state index < -0.39 is 0 Å². The Labute approximate surface area is 103 Å². The van der Waals surface area contributed by atoms with E-state index in [1.54, 1.807) is 23.1 Å². The van der Waals surface area contributed by atoms with Crippen LogP contribution in [-0.2, 0) is 4.74 Å². The summed E-state index contributed by atoms with van der Waals surface area (Å²) in [6.45, 7) is 1.00. The number of rotatable bonds is 6. The average molecular weight is 250 g/mol. The summed E-state index contributed by atoms with van der Waals surface area (Å²) in [7, 11) is 0. The number of aromatic nitrogens is 3. The zero-order valence-corrected chi connectivity index (χ0v) is 9.74. The number of fused-ring (bicyclic) bond motifs is 1. The summed E-state index contributed by atoms with van der Waals surface area (Å²) >= 11 is 0. The molecule has 7 nitrogen and oxygen atoms in total. The van der Waals surface area contributed by atoms with Crippen LogP contribution in [-0.4, -0.2) is 52.0 Å². The third-order valence-corrected chi connectivity index (χ3v) is 2.34. The zero-order valence-electron chi connectivity index (χ0n) is 9.74. The fourth-order valence-electron chi connectivity index (χ4n) is 1.51. The molecule has 0 saturated carbocycles. The van der Waals surface area contributed by atoms with Crippen LogP contribution in [0.3, 0.4) is 0 Å². The summed E-state index contributed by atoms with van der Waals surface area (Å²) in [5, 5.41) is 15.3. The Morgan fingerprint density at radius 2 is 2.33 bits per heavy atom. The molecule has 2 N–H and O–H groups in total. The molecule has 18 heavy (non-hydrogen) atoms. The molecule has 0 spiro atoms. The van der Waals surface area contributed by atoms with Gasteiger partial charge in [-0.25, -0.2) is 4.52 Å². The predicted octanol–water partition coefficient (Wildman–Crippen LogP) is -0.532. The second kappa shape index (κ2) is 6.08. The SMILES string of the molecule is O=C(NCCOCCO)c1cnn2ccncc12. The summed E-state index contributed by atoms with van der Waals surface area (Å²) < 4.78 is 6.63. The van der Waals surface area contributed by atoms with Crippen LogP contribution >= 0.6 is 0 Å². The molecule has 2 rings (SSSR count). The highest BCUT2D eigenvalue weighted by Crippen LogP contribution is 2.07. The molecule has 0 fully saturated rings. The molecule has 2 heterocycles. The number of ether oxygens (including phenoxy) is 1. The lowest BCUT2D eigenvalue weighted by Gasteiger charge is -2.04. The predicted molar refractivity (Wildman–Crippen MR) is 63.2 cm³/mol. The van der Waals surface area contributed by atoms with Crippen molar-refractivity contribution in [2.45, 2.75) is 0 Å². The van der Waals surface area contributed by atoms with Gasteiger partial charge in [0.25, 0.3) is 5.91 Å². The maximum atomic E-state index is 11.9. The molecule has 1 amide bonds. The molecule has 0 aliphatic rings. The minimum absolute atomic E-state index is 0.0202. The quantitative estimate of drug-likeness (QED) is 0.673. The van der Waals surface area contributed by atoms with Crippen LogP contribution in [0.1, 0.15) is 10.4 Å². The van der Waals surface area contributed by atoms with Crippen LogP contribution in [0.25, 0.3) is 5.52 Å². The Balaban J connectivity index is 1.93. The minimum atomic E-state index is -0.217. The lowest BCUT2D eigenvalue weighted by Crippen LogP contribution is -2.27. The molecule has 0 saturated heterocycles. The molecule has 2 aromatic rings. The van der Waals surface area contributed by atoms with Crippen LogP contribution < -0.4 is 5.32 Å². The Hall–Kier alpha value is -1.99. The van der Waals surface area contributed by atoms with Gasteiger partial charge < -0.3 is 15.2 Å². The van der Waals surface area contributed by atoms with E-state index in [2.05, 4.69) is 15.4 Å². The first kappa shape index (κ1) is 12.5. The van der Waals surface area contributed by atoms with Gasteiger partial charge in [-0.2, -0.15) is 5.10 Å². The maximum Gasteiger partial charge on any atom is 0.255 e. The molecule has 0 radical (unpaired) electrons. The van der Waals surface area contributed by atoms with E-state index in [1.807, 2.05) is 0 Å². The molecule has 0 bridgehead atoms. The fraction of sp³-hybridized carbons (Fsp3) is 0.364. The average Bonchev–Trinajstić information content (AvgIpc) is 2.82. The summed E-state index contributed by atoms with van der Waals surface area (Å²) in [6.07, 6.45) is 6.37. The van der Waals surface area contributed by atoms with Crippen LogP contribution in [0.5, 0.6) is 0 Å². The largest absolute Gasteiger partial charge is 0.394 e. The smallest absolute Gasteiger partial charge is 0.255 e. The van der Waals surface area contributed by atoms with Crippen molar-refractivity contribution in [1.29, 1.82) is 0 Å². The fourth-order valence-corrected chi connectivity index (χ4v) is 1.51.